The standard InChI is InChI=1S/C29H27F3N6O3/c30-29(31,32)41-22-11-9-21(10-12-22)33-28(39)34-25-15-19(23-3-1-2-4-24(23)27-35-37-38-36-27)14-20(13-17-5-6-17)26(25)40-16-18-7-8-18/h1-4,9-12,14-15,17-18H,5-8,13,16H2,(H2,33,34,39)(H,35,36,37,38). The zero-order chi connectivity index (χ0) is 28.4. The summed E-state index contributed by atoms with van der Waals surface area (Å²) in [4.78, 5) is 13.1. The van der Waals surface area contributed by atoms with Crippen LogP contribution in [-0.4, -0.2) is 39.6 Å². The van der Waals surface area contributed by atoms with Crippen molar-refractivity contribution in [3.8, 4) is 34.0 Å². The van der Waals surface area contributed by atoms with Crippen molar-refractivity contribution in [3.63, 3.8) is 0 Å². The van der Waals surface area contributed by atoms with Gasteiger partial charge in [0.25, 0.3) is 0 Å². The number of hydrogen-bond acceptors (Lipinski definition) is 6. The first-order chi connectivity index (χ1) is 19.8. The van der Waals surface area contributed by atoms with Gasteiger partial charge in [-0.05, 0) is 102 Å². The van der Waals surface area contributed by atoms with Crippen LogP contribution in [0.4, 0.5) is 29.3 Å². The highest BCUT2D eigenvalue weighted by atomic mass is 19.4. The van der Waals surface area contributed by atoms with Gasteiger partial charge in [-0.1, -0.05) is 24.3 Å². The van der Waals surface area contributed by atoms with Crippen LogP contribution in [0.15, 0.2) is 60.7 Å². The molecule has 6 rings (SSSR count). The number of aromatic amines is 1. The number of aromatic nitrogens is 4. The van der Waals surface area contributed by atoms with Crippen molar-refractivity contribution < 1.29 is 27.4 Å². The summed E-state index contributed by atoms with van der Waals surface area (Å²) >= 11 is 0. The Morgan fingerprint density at radius 1 is 0.951 bits per heavy atom. The maximum absolute atomic E-state index is 13.1. The number of benzene rings is 3. The molecule has 3 N–H and O–H groups in total. The van der Waals surface area contributed by atoms with Gasteiger partial charge < -0.3 is 20.1 Å². The molecule has 0 bridgehead atoms. The molecular weight excluding hydrogens is 537 g/mol. The summed E-state index contributed by atoms with van der Waals surface area (Å²) in [7, 11) is 0. The van der Waals surface area contributed by atoms with Crippen LogP contribution in [0.3, 0.4) is 0 Å². The van der Waals surface area contributed by atoms with E-state index in [2.05, 4.69) is 42.1 Å². The van der Waals surface area contributed by atoms with Gasteiger partial charge in [0.2, 0.25) is 5.82 Å². The number of nitrogens with zero attached hydrogens (tertiary/aromatic N) is 3. The fourth-order valence-corrected chi connectivity index (χ4v) is 4.61. The number of alkyl halides is 3. The van der Waals surface area contributed by atoms with Crippen LogP contribution < -0.4 is 20.1 Å². The highest BCUT2D eigenvalue weighted by molar-refractivity contribution is 6.01. The molecule has 2 fully saturated rings. The summed E-state index contributed by atoms with van der Waals surface area (Å²) in [5.41, 5.74) is 4.29. The van der Waals surface area contributed by atoms with Gasteiger partial charge in [0, 0.05) is 11.3 Å². The molecule has 2 aliphatic carbocycles. The molecule has 1 heterocycles. The van der Waals surface area contributed by atoms with Gasteiger partial charge in [-0.3, -0.25) is 0 Å². The Labute approximate surface area is 233 Å². The number of H-pyrrole nitrogens is 1. The lowest BCUT2D eigenvalue weighted by molar-refractivity contribution is -0.274. The number of nitrogens with one attached hydrogen (secondary N) is 3. The third-order valence-corrected chi connectivity index (χ3v) is 6.95. The number of amides is 2. The van der Waals surface area contributed by atoms with Crippen LogP contribution in [0, 0.1) is 11.8 Å². The molecule has 0 atom stereocenters. The average molecular weight is 565 g/mol. The molecule has 2 aliphatic rings. The predicted octanol–water partition coefficient (Wildman–Crippen LogP) is 6.82. The minimum absolute atomic E-state index is 0.300. The van der Waals surface area contributed by atoms with Crippen molar-refractivity contribution >= 4 is 17.4 Å². The van der Waals surface area contributed by atoms with Crippen molar-refractivity contribution in [2.24, 2.45) is 11.8 Å². The van der Waals surface area contributed by atoms with E-state index in [-0.39, 0.29) is 5.75 Å². The van der Waals surface area contributed by atoms with Crippen molar-refractivity contribution in [1.29, 1.82) is 0 Å². The Balaban J connectivity index is 1.32. The van der Waals surface area contributed by atoms with E-state index in [1.165, 1.54) is 12.1 Å². The van der Waals surface area contributed by atoms with Gasteiger partial charge in [-0.25, -0.2) is 4.79 Å². The summed E-state index contributed by atoms with van der Waals surface area (Å²) in [6, 6.07) is 16.0. The zero-order valence-electron chi connectivity index (χ0n) is 21.9. The fourth-order valence-electron chi connectivity index (χ4n) is 4.61. The first kappa shape index (κ1) is 26.6. The topological polar surface area (TPSA) is 114 Å². The number of ether oxygens (including phenoxy) is 2. The molecule has 2 amide bonds. The molecular formula is C29H27F3N6O3. The van der Waals surface area contributed by atoms with E-state index in [1.54, 1.807) is 0 Å². The van der Waals surface area contributed by atoms with Crippen LogP contribution in [-0.2, 0) is 6.42 Å². The third kappa shape index (κ3) is 6.94. The van der Waals surface area contributed by atoms with Crippen molar-refractivity contribution in [2.75, 3.05) is 17.2 Å². The number of rotatable bonds is 10. The number of urea groups is 1. The Morgan fingerprint density at radius 2 is 1.68 bits per heavy atom. The van der Waals surface area contributed by atoms with E-state index in [1.807, 2.05) is 30.3 Å². The van der Waals surface area contributed by atoms with Gasteiger partial charge in [-0.15, -0.1) is 23.4 Å². The molecule has 9 nitrogen and oxygen atoms in total. The molecule has 41 heavy (non-hydrogen) atoms. The second-order valence-corrected chi connectivity index (χ2v) is 10.3. The Bertz CT molecular complexity index is 1520. The lowest BCUT2D eigenvalue weighted by Crippen LogP contribution is -2.21. The minimum Gasteiger partial charge on any atom is -0.491 e. The molecule has 0 aliphatic heterocycles. The molecule has 0 saturated heterocycles. The summed E-state index contributed by atoms with van der Waals surface area (Å²) in [6.07, 6.45) is 0.535. The largest absolute Gasteiger partial charge is 0.573 e. The third-order valence-electron chi connectivity index (χ3n) is 6.95. The molecule has 4 aromatic rings. The second-order valence-electron chi connectivity index (χ2n) is 10.3. The van der Waals surface area contributed by atoms with E-state index in [0.717, 1.165) is 66.5 Å². The van der Waals surface area contributed by atoms with Crippen molar-refractivity contribution in [3.05, 3.63) is 66.2 Å². The highest BCUT2D eigenvalue weighted by Gasteiger charge is 2.31. The molecule has 12 heteroatoms. The molecule has 1 aromatic heterocycles. The molecule has 2 saturated carbocycles. The Morgan fingerprint density at radius 3 is 2.34 bits per heavy atom. The maximum atomic E-state index is 13.1. The molecule has 0 spiro atoms. The van der Waals surface area contributed by atoms with Crippen molar-refractivity contribution in [1.82, 2.24) is 20.6 Å². The van der Waals surface area contributed by atoms with Crippen LogP contribution in [0.2, 0.25) is 0 Å². The second kappa shape index (κ2) is 11.1. The van der Waals surface area contributed by atoms with E-state index >= 15 is 0 Å². The lowest BCUT2D eigenvalue weighted by Gasteiger charge is -2.20. The summed E-state index contributed by atoms with van der Waals surface area (Å²) < 4.78 is 47.7. The maximum Gasteiger partial charge on any atom is 0.573 e. The minimum atomic E-state index is -4.80. The SMILES string of the molecule is O=C(Nc1ccc(OC(F)(F)F)cc1)Nc1cc(-c2ccccc2-c2nn[nH]n2)cc(CC2CC2)c1OCC1CC1. The number of halogens is 3. The highest BCUT2D eigenvalue weighted by Crippen LogP contribution is 2.43. The predicted molar refractivity (Wildman–Crippen MR) is 145 cm³/mol. The number of hydrogen-bond donors (Lipinski definition) is 3. The smallest absolute Gasteiger partial charge is 0.491 e. The lowest BCUT2D eigenvalue weighted by atomic mass is 9.94. The van der Waals surface area contributed by atoms with E-state index in [9.17, 15) is 18.0 Å². The van der Waals surface area contributed by atoms with Gasteiger partial charge in [0.1, 0.15) is 11.5 Å². The summed E-state index contributed by atoms with van der Waals surface area (Å²) in [5, 5.41) is 20.1. The molecule has 3 aromatic carbocycles. The van der Waals surface area contributed by atoms with Gasteiger partial charge >= 0.3 is 12.4 Å². The first-order valence-corrected chi connectivity index (χ1v) is 13.4. The van der Waals surface area contributed by atoms with Gasteiger partial charge in [0.15, 0.2) is 0 Å². The molecule has 0 unspecified atom stereocenters. The number of carbonyl (C=O) groups is 1. The quantitative estimate of drug-likeness (QED) is 0.195. The van der Waals surface area contributed by atoms with E-state index in [4.69, 9.17) is 4.74 Å². The number of tetrazole rings is 1. The normalized spacial score (nSPS) is 14.9. The summed E-state index contributed by atoms with van der Waals surface area (Å²) in [6.45, 7) is 0.563. The Hall–Kier alpha value is -4.61. The first-order valence-electron chi connectivity index (χ1n) is 13.4. The van der Waals surface area contributed by atoms with Crippen molar-refractivity contribution in [2.45, 2.75) is 38.5 Å². The monoisotopic (exact) mass is 564 g/mol. The van der Waals surface area contributed by atoms with Gasteiger partial charge in [-0.2, -0.15) is 5.21 Å². The summed E-state index contributed by atoms with van der Waals surface area (Å²) in [5.74, 6) is 1.76. The Kier molecular flexibility index (Phi) is 7.21. The average Bonchev–Trinajstić information content (AvgIpc) is 3.87. The van der Waals surface area contributed by atoms with E-state index in [0.29, 0.717) is 41.4 Å². The van der Waals surface area contributed by atoms with E-state index < -0.39 is 12.4 Å². The van der Waals surface area contributed by atoms with Crippen LogP contribution in [0.25, 0.3) is 22.5 Å². The van der Waals surface area contributed by atoms with Crippen LogP contribution in [0.5, 0.6) is 11.5 Å². The van der Waals surface area contributed by atoms with Crippen LogP contribution in [0.1, 0.15) is 31.2 Å². The van der Waals surface area contributed by atoms with Gasteiger partial charge in [0.05, 0.1) is 12.3 Å². The van der Waals surface area contributed by atoms with Crippen LogP contribution >= 0.6 is 0 Å². The molecule has 212 valence electrons. The molecule has 0 radical (unpaired) electrons. The number of anilines is 2. The number of carbonyl (C=O) groups excluding carboxylic acids is 1. The zero-order valence-corrected chi connectivity index (χ0v) is 21.9. The fraction of sp³-hybridized carbons (Fsp3) is 0.310.